The van der Waals surface area contributed by atoms with Gasteiger partial charge in [0.2, 0.25) is 0 Å². The van der Waals surface area contributed by atoms with E-state index in [4.69, 9.17) is 8.85 Å². The second-order valence-electron chi connectivity index (χ2n) is 5.14. The van der Waals surface area contributed by atoms with Crippen molar-refractivity contribution in [2.45, 2.75) is 39.7 Å². The normalized spacial score (nSPS) is 24.3. The molecule has 2 rings (SSSR count). The molecule has 1 aliphatic rings. The summed E-state index contributed by atoms with van der Waals surface area (Å²) < 4.78 is 11.7. The second kappa shape index (κ2) is 6.07. The number of benzene rings is 1. The summed E-state index contributed by atoms with van der Waals surface area (Å²) in [4.78, 5) is 0. The molecule has 0 amide bonds. The number of hydrogen-bond donors (Lipinski definition) is 0. The Morgan fingerprint density at radius 2 is 2.21 bits per heavy atom. The average molecular weight is 290 g/mol. The van der Waals surface area contributed by atoms with Gasteiger partial charge in [-0.2, -0.15) is 0 Å². The lowest BCUT2D eigenvalue weighted by Gasteiger charge is -2.37. The van der Waals surface area contributed by atoms with Crippen LogP contribution in [0, 0.1) is 6.92 Å². The largest absolute Gasteiger partial charge is 0.540 e. The van der Waals surface area contributed by atoms with Crippen LogP contribution in [0.3, 0.4) is 0 Å². The van der Waals surface area contributed by atoms with E-state index < -0.39 is 8.32 Å². The van der Waals surface area contributed by atoms with Crippen LogP contribution in [0.4, 0.5) is 0 Å². The SMILES string of the molecule is CC=C(C)[Si]1(c2cccc(O[Si])c2C)CCCCO1. The third-order valence-electron chi connectivity index (χ3n) is 4.17. The monoisotopic (exact) mass is 289 g/mol. The predicted octanol–water partition coefficient (Wildman–Crippen LogP) is 2.93. The van der Waals surface area contributed by atoms with Crippen LogP contribution in [0.5, 0.6) is 5.75 Å². The number of rotatable bonds is 3. The molecular weight excluding hydrogens is 268 g/mol. The summed E-state index contributed by atoms with van der Waals surface area (Å²) in [6.45, 7) is 7.34. The van der Waals surface area contributed by atoms with Crippen molar-refractivity contribution >= 4 is 24.0 Å². The topological polar surface area (TPSA) is 18.5 Å². The summed E-state index contributed by atoms with van der Waals surface area (Å²) in [6, 6.07) is 7.44. The van der Waals surface area contributed by atoms with E-state index in [9.17, 15) is 0 Å². The van der Waals surface area contributed by atoms with Crippen LogP contribution < -0.4 is 9.61 Å². The molecule has 0 bridgehead atoms. The Morgan fingerprint density at radius 3 is 2.79 bits per heavy atom. The molecular formula is C15H21O2Si2. The first-order valence-corrected chi connectivity index (χ1v) is 9.39. The first-order valence-electron chi connectivity index (χ1n) is 6.86. The molecule has 1 aromatic rings. The van der Waals surface area contributed by atoms with Gasteiger partial charge in [-0.25, -0.2) is 0 Å². The molecule has 0 aliphatic carbocycles. The van der Waals surface area contributed by atoms with E-state index >= 15 is 0 Å². The van der Waals surface area contributed by atoms with Crippen LogP contribution in [-0.4, -0.2) is 25.4 Å². The Bertz CT molecular complexity index is 477. The van der Waals surface area contributed by atoms with E-state index in [-0.39, 0.29) is 0 Å². The lowest BCUT2D eigenvalue weighted by molar-refractivity contribution is 0.280. The minimum atomic E-state index is -1.99. The molecule has 1 fully saturated rings. The Balaban J connectivity index is 2.56. The number of hydrogen-bond acceptors (Lipinski definition) is 2. The lowest BCUT2D eigenvalue weighted by atomic mass is 10.2. The zero-order valence-electron chi connectivity index (χ0n) is 12.0. The fourth-order valence-corrected chi connectivity index (χ4v) is 7.56. The molecule has 4 heteroatoms. The zero-order chi connectivity index (χ0) is 13.9. The highest BCUT2D eigenvalue weighted by Crippen LogP contribution is 2.30. The molecule has 19 heavy (non-hydrogen) atoms. The van der Waals surface area contributed by atoms with Crippen molar-refractivity contribution in [2.24, 2.45) is 0 Å². The van der Waals surface area contributed by atoms with Gasteiger partial charge in [0.1, 0.15) is 5.75 Å². The van der Waals surface area contributed by atoms with Crippen LogP contribution >= 0.6 is 0 Å². The van der Waals surface area contributed by atoms with Gasteiger partial charge in [0.25, 0.3) is 8.32 Å². The van der Waals surface area contributed by atoms with Crippen LogP contribution in [0.25, 0.3) is 0 Å². The van der Waals surface area contributed by atoms with Gasteiger partial charge in [0.15, 0.2) is 0 Å². The quantitative estimate of drug-likeness (QED) is 0.797. The summed E-state index contributed by atoms with van der Waals surface area (Å²) in [7, 11) is 1.15. The molecule has 1 aliphatic heterocycles. The Kier molecular flexibility index (Phi) is 4.65. The highest BCUT2D eigenvalue weighted by molar-refractivity contribution is 6.93. The molecule has 101 valence electrons. The molecule has 0 N–H and O–H groups in total. The molecule has 1 heterocycles. The minimum absolute atomic E-state index is 0.885. The summed E-state index contributed by atoms with van der Waals surface area (Å²) >= 11 is 0. The predicted molar refractivity (Wildman–Crippen MR) is 82.4 cm³/mol. The van der Waals surface area contributed by atoms with Gasteiger partial charge in [0, 0.05) is 6.61 Å². The van der Waals surface area contributed by atoms with Gasteiger partial charge < -0.3 is 8.85 Å². The van der Waals surface area contributed by atoms with Crippen molar-refractivity contribution in [1.29, 1.82) is 0 Å². The second-order valence-corrected chi connectivity index (χ2v) is 9.11. The molecule has 1 unspecified atom stereocenters. The minimum Gasteiger partial charge on any atom is -0.540 e. The molecule has 0 aromatic heterocycles. The van der Waals surface area contributed by atoms with E-state index in [0.29, 0.717) is 0 Å². The van der Waals surface area contributed by atoms with E-state index in [1.807, 2.05) is 6.07 Å². The van der Waals surface area contributed by atoms with Crippen LogP contribution in [0.2, 0.25) is 6.04 Å². The highest BCUT2D eigenvalue weighted by atomic mass is 28.4. The first kappa shape index (κ1) is 14.6. The summed E-state index contributed by atoms with van der Waals surface area (Å²) in [5.41, 5.74) is 1.20. The maximum atomic E-state index is 6.38. The van der Waals surface area contributed by atoms with Crippen molar-refractivity contribution in [1.82, 2.24) is 0 Å². The van der Waals surface area contributed by atoms with Gasteiger partial charge >= 0.3 is 10.5 Å². The molecule has 0 spiro atoms. The average Bonchev–Trinajstić information content (AvgIpc) is 2.47. The summed E-state index contributed by atoms with van der Waals surface area (Å²) in [5, 5.41) is 2.78. The van der Waals surface area contributed by atoms with Crippen molar-refractivity contribution < 1.29 is 8.85 Å². The fraction of sp³-hybridized carbons (Fsp3) is 0.467. The van der Waals surface area contributed by atoms with Gasteiger partial charge in [-0.05, 0) is 50.1 Å². The Morgan fingerprint density at radius 1 is 1.42 bits per heavy atom. The summed E-state index contributed by atoms with van der Waals surface area (Å²) in [5.74, 6) is 0.888. The third kappa shape index (κ3) is 2.57. The van der Waals surface area contributed by atoms with Crippen molar-refractivity contribution in [3.8, 4) is 5.75 Å². The number of allylic oxidation sites excluding steroid dienone is 2. The maximum Gasteiger partial charge on any atom is 0.341 e. The van der Waals surface area contributed by atoms with Gasteiger partial charge in [-0.1, -0.05) is 29.8 Å². The molecule has 1 atom stereocenters. The van der Waals surface area contributed by atoms with Crippen LogP contribution in [0.15, 0.2) is 29.5 Å². The van der Waals surface area contributed by atoms with E-state index in [2.05, 4.69) is 49.5 Å². The molecule has 2 nitrogen and oxygen atoms in total. The molecule has 1 aromatic carbocycles. The van der Waals surface area contributed by atoms with Gasteiger partial charge in [0.05, 0.1) is 0 Å². The lowest BCUT2D eigenvalue weighted by Crippen LogP contribution is -2.55. The maximum absolute atomic E-state index is 6.38. The van der Waals surface area contributed by atoms with Crippen molar-refractivity contribution in [3.05, 3.63) is 35.0 Å². The molecule has 1 saturated heterocycles. The fourth-order valence-electron chi connectivity index (χ4n) is 2.93. The smallest absolute Gasteiger partial charge is 0.341 e. The third-order valence-corrected chi connectivity index (χ3v) is 9.12. The first-order chi connectivity index (χ1) is 9.15. The van der Waals surface area contributed by atoms with Crippen molar-refractivity contribution in [2.75, 3.05) is 6.61 Å². The van der Waals surface area contributed by atoms with Crippen LogP contribution in [-0.2, 0) is 4.43 Å². The standard InChI is InChI=1S/C15H21O2Si2/c1-4-12(2)19(11-6-5-10-16-19)15-9-7-8-14(17-18)13(15)3/h4,7-9H,5-6,10-11H2,1-3H3. The zero-order valence-corrected chi connectivity index (χ0v) is 14.0. The van der Waals surface area contributed by atoms with Crippen LogP contribution in [0.1, 0.15) is 32.3 Å². The molecule has 3 radical (unpaired) electrons. The summed E-state index contributed by atoms with van der Waals surface area (Å²) in [6.07, 6.45) is 4.66. The van der Waals surface area contributed by atoms with E-state index in [1.54, 1.807) is 0 Å². The molecule has 0 saturated carbocycles. The van der Waals surface area contributed by atoms with E-state index in [1.165, 1.54) is 34.8 Å². The van der Waals surface area contributed by atoms with E-state index in [0.717, 1.165) is 12.4 Å². The van der Waals surface area contributed by atoms with Crippen molar-refractivity contribution in [3.63, 3.8) is 0 Å². The van der Waals surface area contributed by atoms with Gasteiger partial charge in [-0.3, -0.25) is 0 Å². The Hall–Kier alpha value is -0.846. The van der Waals surface area contributed by atoms with Gasteiger partial charge in [-0.15, -0.1) is 0 Å². The Labute approximate surface area is 120 Å². The highest BCUT2D eigenvalue weighted by Gasteiger charge is 2.42.